The molecule has 39 heavy (non-hydrogen) atoms. The van der Waals surface area contributed by atoms with Crippen molar-refractivity contribution in [3.63, 3.8) is 0 Å². The van der Waals surface area contributed by atoms with Gasteiger partial charge >= 0.3 is 0 Å². The number of rotatable bonds is 6. The molecule has 2 heterocycles. The van der Waals surface area contributed by atoms with E-state index in [1.54, 1.807) is 49.4 Å². The molecule has 0 unspecified atom stereocenters. The van der Waals surface area contributed by atoms with Gasteiger partial charge in [-0.1, -0.05) is 36.2 Å². The van der Waals surface area contributed by atoms with E-state index in [4.69, 9.17) is 23.2 Å². The average molecular weight is 563 g/mol. The predicted molar refractivity (Wildman–Crippen MR) is 157 cm³/mol. The van der Waals surface area contributed by atoms with Crippen LogP contribution in [0.3, 0.4) is 0 Å². The van der Waals surface area contributed by atoms with Crippen LogP contribution < -0.4 is 20.4 Å². The fourth-order valence-corrected chi connectivity index (χ4v) is 5.11. The Balaban J connectivity index is 1.23. The number of carbonyl (C=O) groups is 3. The molecular weight excluding hydrogens is 535 g/mol. The van der Waals surface area contributed by atoms with Crippen LogP contribution in [0.2, 0.25) is 5.02 Å². The third-order valence-electron chi connectivity index (χ3n) is 7.13. The van der Waals surface area contributed by atoms with Gasteiger partial charge in [-0.25, -0.2) is 4.90 Å². The molecule has 0 aromatic heterocycles. The third-order valence-corrected chi connectivity index (χ3v) is 7.72. The molecule has 9 heteroatoms. The number of hydrogen-bond donors (Lipinski definition) is 2. The first-order valence-corrected chi connectivity index (χ1v) is 13.5. The first-order chi connectivity index (χ1) is 18.7. The van der Waals surface area contributed by atoms with Crippen LogP contribution in [0.1, 0.15) is 35.7 Å². The maximum absolute atomic E-state index is 13.1. The number of aryl methyl sites for hydroxylation is 1. The van der Waals surface area contributed by atoms with Gasteiger partial charge in [-0.15, -0.1) is 0 Å². The van der Waals surface area contributed by atoms with Crippen molar-refractivity contribution >= 4 is 63.7 Å². The molecule has 3 aromatic carbocycles. The number of nitrogens with one attached hydrogen (secondary N) is 2. The zero-order valence-electron chi connectivity index (χ0n) is 21.6. The molecule has 0 spiro atoms. The van der Waals surface area contributed by atoms with Crippen molar-refractivity contribution in [2.24, 2.45) is 5.92 Å². The van der Waals surface area contributed by atoms with Crippen molar-refractivity contribution in [2.75, 3.05) is 33.5 Å². The predicted octanol–water partition coefficient (Wildman–Crippen LogP) is 6.57. The van der Waals surface area contributed by atoms with E-state index in [1.807, 2.05) is 24.3 Å². The number of piperidine rings is 1. The van der Waals surface area contributed by atoms with E-state index in [-0.39, 0.29) is 16.6 Å². The van der Waals surface area contributed by atoms with Gasteiger partial charge in [-0.3, -0.25) is 14.4 Å². The van der Waals surface area contributed by atoms with Gasteiger partial charge in [0, 0.05) is 40.7 Å². The Morgan fingerprint density at radius 2 is 1.51 bits per heavy atom. The minimum Gasteiger partial charge on any atom is -0.372 e. The van der Waals surface area contributed by atoms with Crippen LogP contribution in [0.15, 0.2) is 77.5 Å². The van der Waals surface area contributed by atoms with Crippen LogP contribution >= 0.6 is 23.2 Å². The molecule has 1 fully saturated rings. The van der Waals surface area contributed by atoms with Crippen molar-refractivity contribution in [1.82, 2.24) is 0 Å². The molecule has 0 saturated carbocycles. The molecule has 0 atom stereocenters. The molecule has 7 nitrogen and oxygen atoms in total. The molecule has 0 aliphatic carbocycles. The largest absolute Gasteiger partial charge is 0.372 e. The molecule has 0 bridgehead atoms. The summed E-state index contributed by atoms with van der Waals surface area (Å²) in [5.41, 5.74) is 3.86. The van der Waals surface area contributed by atoms with Crippen molar-refractivity contribution in [3.05, 3.63) is 93.6 Å². The Hall–Kier alpha value is -3.81. The summed E-state index contributed by atoms with van der Waals surface area (Å²) in [6, 6.07) is 19.4. The number of imide groups is 1. The number of benzene rings is 3. The molecule has 2 aliphatic rings. The van der Waals surface area contributed by atoms with E-state index in [9.17, 15) is 14.4 Å². The lowest BCUT2D eigenvalue weighted by molar-refractivity contribution is -0.120. The molecule has 2 N–H and O–H groups in total. The van der Waals surface area contributed by atoms with E-state index < -0.39 is 11.8 Å². The summed E-state index contributed by atoms with van der Waals surface area (Å²) >= 11 is 12.3. The summed E-state index contributed by atoms with van der Waals surface area (Å²) in [7, 11) is 0. The van der Waals surface area contributed by atoms with Crippen LogP contribution in [0.5, 0.6) is 0 Å². The number of amides is 3. The maximum atomic E-state index is 13.1. The van der Waals surface area contributed by atoms with Gasteiger partial charge in [0.05, 0.1) is 5.69 Å². The van der Waals surface area contributed by atoms with Crippen LogP contribution in [-0.2, 0) is 9.59 Å². The fourth-order valence-electron chi connectivity index (χ4n) is 4.73. The first kappa shape index (κ1) is 26.8. The van der Waals surface area contributed by atoms with Crippen LogP contribution in [0, 0.1) is 12.8 Å². The number of anilines is 4. The van der Waals surface area contributed by atoms with Crippen LogP contribution in [-0.4, -0.2) is 30.8 Å². The van der Waals surface area contributed by atoms with Crippen molar-refractivity contribution in [2.45, 2.75) is 26.7 Å². The Morgan fingerprint density at radius 1 is 0.872 bits per heavy atom. The Bertz CT molecular complexity index is 1460. The molecule has 2 aliphatic heterocycles. The van der Waals surface area contributed by atoms with Crippen LogP contribution in [0.25, 0.3) is 0 Å². The molecular formula is C30H28Cl2N4O3. The Morgan fingerprint density at radius 3 is 2.18 bits per heavy atom. The summed E-state index contributed by atoms with van der Waals surface area (Å²) < 4.78 is 0. The maximum Gasteiger partial charge on any atom is 0.283 e. The molecule has 5 rings (SSSR count). The lowest BCUT2D eigenvalue weighted by Gasteiger charge is -2.32. The van der Waals surface area contributed by atoms with Crippen LogP contribution in [0.4, 0.5) is 22.7 Å². The summed E-state index contributed by atoms with van der Waals surface area (Å²) in [6.07, 6.45) is 2.38. The van der Waals surface area contributed by atoms with Crippen molar-refractivity contribution in [3.8, 4) is 0 Å². The first-order valence-electron chi connectivity index (χ1n) is 12.8. The molecule has 200 valence electrons. The summed E-state index contributed by atoms with van der Waals surface area (Å²) in [5, 5.41) is 6.02. The lowest BCUT2D eigenvalue weighted by Crippen LogP contribution is -2.32. The standard InChI is InChI=1S/C30H28Cl2N4O3/c1-18-13-15-35(16-14-18)24-11-9-23(10-12-24)34-28(37)20-4-7-22(8-5-20)33-27-26(32)29(38)36(30(27)39)25-17-21(31)6-3-19(25)2/h3-12,17-18,33H,13-16H2,1-2H3,(H,34,37). The zero-order valence-corrected chi connectivity index (χ0v) is 23.1. The van der Waals surface area contributed by atoms with Gasteiger partial charge < -0.3 is 15.5 Å². The van der Waals surface area contributed by atoms with E-state index in [0.29, 0.717) is 33.2 Å². The Labute approximate surface area is 237 Å². The van der Waals surface area contributed by atoms with Gasteiger partial charge in [0.2, 0.25) is 0 Å². The average Bonchev–Trinajstić information content (AvgIpc) is 3.14. The topological polar surface area (TPSA) is 81.8 Å². The number of nitrogens with zero attached hydrogens (tertiary/aromatic N) is 2. The van der Waals surface area contributed by atoms with E-state index in [2.05, 4.69) is 22.5 Å². The second-order valence-corrected chi connectivity index (χ2v) is 10.8. The van der Waals surface area contributed by atoms with Gasteiger partial charge in [0.1, 0.15) is 10.7 Å². The Kier molecular flexibility index (Phi) is 7.64. The van der Waals surface area contributed by atoms with Gasteiger partial charge in [-0.2, -0.15) is 0 Å². The molecule has 3 amide bonds. The quantitative estimate of drug-likeness (QED) is 0.332. The highest BCUT2D eigenvalue weighted by atomic mass is 35.5. The van der Waals surface area contributed by atoms with Gasteiger partial charge in [0.15, 0.2) is 0 Å². The summed E-state index contributed by atoms with van der Waals surface area (Å²) in [5.74, 6) is -0.705. The van der Waals surface area contributed by atoms with Crippen molar-refractivity contribution in [1.29, 1.82) is 0 Å². The second kappa shape index (κ2) is 11.1. The smallest absolute Gasteiger partial charge is 0.283 e. The second-order valence-electron chi connectivity index (χ2n) is 9.94. The van der Waals surface area contributed by atoms with E-state index >= 15 is 0 Å². The minimum absolute atomic E-state index is 0.0403. The number of carbonyl (C=O) groups excluding carboxylic acids is 3. The number of hydrogen-bond acceptors (Lipinski definition) is 5. The van der Waals surface area contributed by atoms with E-state index in [0.717, 1.165) is 29.6 Å². The SMILES string of the molecule is Cc1ccc(Cl)cc1N1C(=O)C(Cl)=C(Nc2ccc(C(=O)Nc3ccc(N4CCC(C)CC4)cc3)cc2)C1=O. The summed E-state index contributed by atoms with van der Waals surface area (Å²) in [6.45, 7) is 6.16. The number of halogens is 2. The molecule has 1 saturated heterocycles. The molecule has 3 aromatic rings. The fraction of sp³-hybridized carbons (Fsp3) is 0.233. The highest BCUT2D eigenvalue weighted by molar-refractivity contribution is 6.53. The minimum atomic E-state index is -0.633. The normalized spacial score (nSPS) is 16.2. The monoisotopic (exact) mass is 562 g/mol. The molecule has 0 radical (unpaired) electrons. The van der Waals surface area contributed by atoms with Crippen molar-refractivity contribution < 1.29 is 14.4 Å². The summed E-state index contributed by atoms with van der Waals surface area (Å²) in [4.78, 5) is 42.1. The van der Waals surface area contributed by atoms with E-state index in [1.165, 1.54) is 12.8 Å². The zero-order chi connectivity index (χ0) is 27.7. The highest BCUT2D eigenvalue weighted by Crippen LogP contribution is 2.33. The third kappa shape index (κ3) is 5.65. The van der Waals surface area contributed by atoms with Gasteiger partial charge in [0.25, 0.3) is 17.7 Å². The van der Waals surface area contributed by atoms with Gasteiger partial charge in [-0.05, 0) is 91.9 Å². The highest BCUT2D eigenvalue weighted by Gasteiger charge is 2.39. The lowest BCUT2D eigenvalue weighted by atomic mass is 9.99.